The maximum atomic E-state index is 5.97. The third-order valence-corrected chi connectivity index (χ3v) is 3.94. The average Bonchev–Trinajstić information content (AvgIpc) is 3.09. The minimum Gasteiger partial charge on any atom is -0.374 e. The summed E-state index contributed by atoms with van der Waals surface area (Å²) in [6.45, 7) is 2.74. The van der Waals surface area contributed by atoms with Gasteiger partial charge in [0.1, 0.15) is 0 Å². The topological polar surface area (TPSA) is 42.3 Å². The van der Waals surface area contributed by atoms with Crippen LogP contribution in [-0.4, -0.2) is 53.3 Å². The molecule has 0 radical (unpaired) electrons. The Bertz CT molecular complexity index is 401. The Hall–Kier alpha value is -0.910. The van der Waals surface area contributed by atoms with Crippen molar-refractivity contribution in [1.29, 1.82) is 0 Å². The van der Waals surface area contributed by atoms with E-state index in [4.69, 9.17) is 4.74 Å². The van der Waals surface area contributed by atoms with E-state index in [0.29, 0.717) is 6.04 Å². The van der Waals surface area contributed by atoms with Crippen molar-refractivity contribution in [2.75, 3.05) is 26.7 Å². The fourth-order valence-electron chi connectivity index (χ4n) is 2.67. The maximum Gasteiger partial charge on any atom is 0.0946 e. The highest BCUT2D eigenvalue weighted by Crippen LogP contribution is 2.28. The molecule has 0 spiro atoms. The molecule has 0 amide bonds. The van der Waals surface area contributed by atoms with E-state index in [1.807, 2.05) is 12.5 Å². The lowest BCUT2D eigenvalue weighted by atomic mass is 10.0. The summed E-state index contributed by atoms with van der Waals surface area (Å²) < 4.78 is 8.07. The van der Waals surface area contributed by atoms with E-state index in [2.05, 4.69) is 33.9 Å². The van der Waals surface area contributed by atoms with Crippen molar-refractivity contribution >= 4 is 0 Å². The van der Waals surface area contributed by atoms with Gasteiger partial charge in [0, 0.05) is 32.4 Å². The fourth-order valence-corrected chi connectivity index (χ4v) is 2.67. The molecule has 18 heavy (non-hydrogen) atoms. The van der Waals surface area contributed by atoms with E-state index in [-0.39, 0.29) is 6.10 Å². The Morgan fingerprint density at radius 2 is 2.28 bits per heavy atom. The van der Waals surface area contributed by atoms with E-state index in [9.17, 15) is 0 Å². The molecule has 0 bridgehead atoms. The number of rotatable bonds is 4. The van der Waals surface area contributed by atoms with Crippen molar-refractivity contribution in [1.82, 2.24) is 19.8 Å². The van der Waals surface area contributed by atoms with Crippen molar-refractivity contribution in [3.05, 3.63) is 18.2 Å². The van der Waals surface area contributed by atoms with Crippen LogP contribution in [0.25, 0.3) is 0 Å². The molecule has 1 saturated carbocycles. The van der Waals surface area contributed by atoms with Crippen molar-refractivity contribution < 1.29 is 4.74 Å². The third kappa shape index (κ3) is 2.43. The quantitative estimate of drug-likeness (QED) is 0.847. The minimum atomic E-state index is 0.222. The van der Waals surface area contributed by atoms with Crippen LogP contribution in [0.4, 0.5) is 0 Å². The van der Waals surface area contributed by atoms with Crippen LogP contribution < -0.4 is 5.32 Å². The number of imidazole rings is 1. The molecule has 100 valence electrons. The van der Waals surface area contributed by atoms with E-state index in [0.717, 1.165) is 25.7 Å². The van der Waals surface area contributed by atoms with Crippen LogP contribution in [0.1, 0.15) is 24.6 Å². The van der Waals surface area contributed by atoms with E-state index >= 15 is 0 Å². The number of ether oxygens (including phenoxy) is 1. The van der Waals surface area contributed by atoms with Crippen LogP contribution >= 0.6 is 0 Å². The number of likely N-dealkylation sites (N-methyl/N-ethyl adjacent to an activating group) is 1. The lowest BCUT2D eigenvalue weighted by Gasteiger charge is -2.39. The molecular weight excluding hydrogens is 228 g/mol. The molecule has 5 heteroatoms. The van der Waals surface area contributed by atoms with Crippen molar-refractivity contribution in [2.45, 2.75) is 31.0 Å². The summed E-state index contributed by atoms with van der Waals surface area (Å²) in [5, 5.41) is 3.58. The standard InChI is InChI=1S/C13H22N4O/c1-16-5-6-18-12(8-15-10-3-4-10)13(16)11-7-14-9-17(11)2/h7,9-10,12-13,15H,3-6,8H2,1-2H3. The number of aryl methyl sites for hydroxylation is 1. The molecule has 1 saturated heterocycles. The zero-order valence-electron chi connectivity index (χ0n) is 11.2. The Morgan fingerprint density at radius 1 is 1.44 bits per heavy atom. The SMILES string of the molecule is CN1CCOC(CNC2CC2)C1c1cncn1C. The van der Waals surface area contributed by atoms with Crippen molar-refractivity contribution in [3.63, 3.8) is 0 Å². The monoisotopic (exact) mass is 250 g/mol. The highest BCUT2D eigenvalue weighted by Gasteiger charge is 2.34. The van der Waals surface area contributed by atoms with Gasteiger partial charge in [0.2, 0.25) is 0 Å². The fraction of sp³-hybridized carbons (Fsp3) is 0.769. The maximum absolute atomic E-state index is 5.97. The number of nitrogens with one attached hydrogen (secondary N) is 1. The first-order valence-electron chi connectivity index (χ1n) is 6.77. The molecule has 1 N–H and O–H groups in total. The summed E-state index contributed by atoms with van der Waals surface area (Å²) in [5.41, 5.74) is 1.24. The van der Waals surface area contributed by atoms with Gasteiger partial charge in [-0.25, -0.2) is 4.98 Å². The number of nitrogens with zero attached hydrogens (tertiary/aromatic N) is 3. The largest absolute Gasteiger partial charge is 0.374 e. The zero-order chi connectivity index (χ0) is 12.5. The average molecular weight is 250 g/mol. The normalized spacial score (nSPS) is 29.7. The molecule has 3 rings (SSSR count). The van der Waals surface area contributed by atoms with Gasteiger partial charge >= 0.3 is 0 Å². The van der Waals surface area contributed by atoms with Gasteiger partial charge in [0.15, 0.2) is 0 Å². The third-order valence-electron chi connectivity index (χ3n) is 3.94. The summed E-state index contributed by atoms with van der Waals surface area (Å²) in [6, 6.07) is 1.03. The Labute approximate surface area is 108 Å². The number of aromatic nitrogens is 2. The van der Waals surface area contributed by atoms with Gasteiger partial charge in [-0.3, -0.25) is 4.90 Å². The second-order valence-corrected chi connectivity index (χ2v) is 5.45. The Balaban J connectivity index is 1.74. The van der Waals surface area contributed by atoms with Gasteiger partial charge < -0.3 is 14.6 Å². The van der Waals surface area contributed by atoms with E-state index < -0.39 is 0 Å². The van der Waals surface area contributed by atoms with E-state index in [1.165, 1.54) is 18.5 Å². The van der Waals surface area contributed by atoms with Gasteiger partial charge in [-0.1, -0.05) is 0 Å². The lowest BCUT2D eigenvalue weighted by Crippen LogP contribution is -2.48. The summed E-state index contributed by atoms with van der Waals surface area (Å²) in [4.78, 5) is 6.61. The summed E-state index contributed by atoms with van der Waals surface area (Å²) >= 11 is 0. The summed E-state index contributed by atoms with van der Waals surface area (Å²) in [5.74, 6) is 0. The summed E-state index contributed by atoms with van der Waals surface area (Å²) in [6.07, 6.45) is 6.68. The molecule has 0 aromatic carbocycles. The molecular formula is C13H22N4O. The molecule has 2 heterocycles. The first kappa shape index (κ1) is 12.1. The second kappa shape index (κ2) is 4.99. The molecule has 2 unspecified atom stereocenters. The molecule has 2 fully saturated rings. The number of hydrogen-bond donors (Lipinski definition) is 1. The zero-order valence-corrected chi connectivity index (χ0v) is 11.2. The predicted octanol–water partition coefficient (Wildman–Crippen LogP) is 0.544. The van der Waals surface area contributed by atoms with E-state index in [1.54, 1.807) is 0 Å². The summed E-state index contributed by atoms with van der Waals surface area (Å²) in [7, 11) is 4.22. The predicted molar refractivity (Wildman–Crippen MR) is 69.3 cm³/mol. The van der Waals surface area contributed by atoms with Crippen LogP contribution in [-0.2, 0) is 11.8 Å². The number of hydrogen-bond acceptors (Lipinski definition) is 4. The van der Waals surface area contributed by atoms with Crippen LogP contribution in [0.2, 0.25) is 0 Å². The Kier molecular flexibility index (Phi) is 3.37. The van der Waals surface area contributed by atoms with Crippen LogP contribution in [0.3, 0.4) is 0 Å². The molecule has 2 atom stereocenters. The van der Waals surface area contributed by atoms with Crippen molar-refractivity contribution in [3.8, 4) is 0 Å². The van der Waals surface area contributed by atoms with Crippen LogP contribution in [0, 0.1) is 0 Å². The second-order valence-electron chi connectivity index (χ2n) is 5.45. The minimum absolute atomic E-state index is 0.222. The Morgan fingerprint density at radius 3 is 2.94 bits per heavy atom. The first-order valence-corrected chi connectivity index (χ1v) is 6.77. The molecule has 1 aromatic heterocycles. The van der Waals surface area contributed by atoms with Gasteiger partial charge in [0.05, 0.1) is 30.8 Å². The highest BCUT2D eigenvalue weighted by atomic mass is 16.5. The van der Waals surface area contributed by atoms with Gasteiger partial charge in [-0.2, -0.15) is 0 Å². The van der Waals surface area contributed by atoms with Gasteiger partial charge in [-0.05, 0) is 19.9 Å². The lowest BCUT2D eigenvalue weighted by molar-refractivity contribution is -0.0636. The first-order chi connectivity index (χ1) is 8.75. The molecule has 5 nitrogen and oxygen atoms in total. The van der Waals surface area contributed by atoms with Gasteiger partial charge in [0.25, 0.3) is 0 Å². The number of morpholine rings is 1. The molecule has 1 aliphatic heterocycles. The molecule has 2 aliphatic rings. The van der Waals surface area contributed by atoms with Crippen LogP contribution in [0.15, 0.2) is 12.5 Å². The molecule has 1 aliphatic carbocycles. The smallest absolute Gasteiger partial charge is 0.0946 e. The van der Waals surface area contributed by atoms with Gasteiger partial charge in [-0.15, -0.1) is 0 Å². The van der Waals surface area contributed by atoms with Crippen molar-refractivity contribution in [2.24, 2.45) is 7.05 Å². The highest BCUT2D eigenvalue weighted by molar-refractivity contribution is 5.09. The van der Waals surface area contributed by atoms with Crippen LogP contribution in [0.5, 0.6) is 0 Å². The molecule has 1 aromatic rings.